The first-order valence-electron chi connectivity index (χ1n) is 24.6. The van der Waals surface area contributed by atoms with E-state index in [1.54, 1.807) is 0 Å². The van der Waals surface area contributed by atoms with Crippen molar-refractivity contribution in [3.63, 3.8) is 0 Å². The van der Waals surface area contributed by atoms with E-state index in [2.05, 4.69) is 69.4 Å². The molecule has 0 aliphatic rings. The van der Waals surface area contributed by atoms with Crippen LogP contribution in [0.4, 0.5) is 0 Å². The molecule has 0 amide bonds. The molecule has 336 valence electrons. The van der Waals surface area contributed by atoms with Gasteiger partial charge in [0, 0.05) is 19.3 Å². The van der Waals surface area contributed by atoms with Gasteiger partial charge in [0.25, 0.3) is 0 Å². The van der Waals surface area contributed by atoms with Gasteiger partial charge in [-0.25, -0.2) is 0 Å². The van der Waals surface area contributed by atoms with Gasteiger partial charge in [0.05, 0.1) is 0 Å². The Morgan fingerprint density at radius 1 is 0.362 bits per heavy atom. The van der Waals surface area contributed by atoms with Crippen molar-refractivity contribution < 1.29 is 28.6 Å². The summed E-state index contributed by atoms with van der Waals surface area (Å²) in [6.07, 6.45) is 55.2. The average molecular weight is 813 g/mol. The Labute approximate surface area is 358 Å². The fourth-order valence-corrected chi connectivity index (χ4v) is 6.81. The van der Waals surface area contributed by atoms with Crippen LogP contribution in [0.25, 0.3) is 0 Å². The average Bonchev–Trinajstić information content (AvgIpc) is 3.22. The molecular weight excluding hydrogens is 721 g/mol. The monoisotopic (exact) mass is 813 g/mol. The number of rotatable bonds is 44. The smallest absolute Gasteiger partial charge is 0.306 e. The molecule has 58 heavy (non-hydrogen) atoms. The lowest BCUT2D eigenvalue weighted by Crippen LogP contribution is -2.30. The minimum absolute atomic E-state index is 0.0839. The lowest BCUT2D eigenvalue weighted by molar-refractivity contribution is -0.167. The third kappa shape index (κ3) is 44.5. The van der Waals surface area contributed by atoms with Gasteiger partial charge in [-0.2, -0.15) is 0 Å². The molecule has 0 aromatic heterocycles. The molecular formula is C52H92O6. The molecule has 0 rings (SSSR count). The fraction of sp³-hybridized carbons (Fsp3) is 0.788. The Bertz CT molecular complexity index is 1030. The summed E-state index contributed by atoms with van der Waals surface area (Å²) >= 11 is 0. The zero-order valence-electron chi connectivity index (χ0n) is 38.3. The maximum atomic E-state index is 12.7. The highest BCUT2D eigenvalue weighted by Crippen LogP contribution is 2.14. The van der Waals surface area contributed by atoms with E-state index >= 15 is 0 Å². The molecule has 0 aliphatic heterocycles. The molecule has 0 fully saturated rings. The minimum atomic E-state index is -0.782. The number of hydrogen-bond acceptors (Lipinski definition) is 6. The molecule has 1 unspecified atom stereocenters. The van der Waals surface area contributed by atoms with E-state index in [1.807, 2.05) is 0 Å². The van der Waals surface area contributed by atoms with Gasteiger partial charge in [0.1, 0.15) is 13.2 Å². The van der Waals surface area contributed by atoms with Crippen LogP contribution in [-0.2, 0) is 28.6 Å². The van der Waals surface area contributed by atoms with Gasteiger partial charge >= 0.3 is 17.9 Å². The number of carbonyl (C=O) groups excluding carboxylic acids is 3. The molecule has 0 N–H and O–H groups in total. The molecule has 0 spiro atoms. The summed E-state index contributed by atoms with van der Waals surface area (Å²) in [4.78, 5) is 37.8. The first-order chi connectivity index (χ1) is 28.5. The van der Waals surface area contributed by atoms with Gasteiger partial charge in [-0.3, -0.25) is 14.4 Å². The van der Waals surface area contributed by atoms with Gasteiger partial charge in [0.2, 0.25) is 0 Å². The number of esters is 3. The largest absolute Gasteiger partial charge is 0.462 e. The standard InChI is InChI=1S/C52H92O6/c1-4-7-10-13-16-19-22-24-26-27-29-30-33-36-39-42-45-51(54)57-48-49(47-56-50(53)44-41-38-35-32-21-18-15-12-9-6-3)58-52(55)46-43-40-37-34-31-28-25-23-20-17-14-11-8-5-2/h8,11,15,17-18,20,26-27,49H,4-7,9-10,12-14,16,19,21-25,28-48H2,1-3H3/b11-8-,18-15-,20-17-,27-26-. The fourth-order valence-electron chi connectivity index (χ4n) is 6.81. The van der Waals surface area contributed by atoms with Crippen LogP contribution in [0.15, 0.2) is 48.6 Å². The quantitative estimate of drug-likeness (QED) is 0.0264. The maximum Gasteiger partial charge on any atom is 0.306 e. The summed E-state index contributed by atoms with van der Waals surface area (Å²) < 4.78 is 16.7. The van der Waals surface area contributed by atoms with E-state index in [0.29, 0.717) is 19.3 Å². The lowest BCUT2D eigenvalue weighted by atomic mass is 10.1. The van der Waals surface area contributed by atoms with Crippen molar-refractivity contribution >= 4 is 17.9 Å². The van der Waals surface area contributed by atoms with Crippen LogP contribution in [0.3, 0.4) is 0 Å². The molecule has 0 saturated heterocycles. The number of allylic oxidation sites excluding steroid dienone is 8. The van der Waals surface area contributed by atoms with Crippen molar-refractivity contribution in [1.29, 1.82) is 0 Å². The maximum absolute atomic E-state index is 12.7. The summed E-state index contributed by atoms with van der Waals surface area (Å²) in [5.41, 5.74) is 0. The summed E-state index contributed by atoms with van der Waals surface area (Å²) in [5.74, 6) is -0.911. The molecule has 0 aromatic rings. The molecule has 0 saturated carbocycles. The van der Waals surface area contributed by atoms with Gasteiger partial charge in [0.15, 0.2) is 6.10 Å². The van der Waals surface area contributed by atoms with Crippen LogP contribution in [0.2, 0.25) is 0 Å². The SMILES string of the molecule is CC/C=C\C/C=C\CCCCCCCCCC(=O)OC(COC(=O)CCCCCC/C=C\CCCC)COC(=O)CCCCCCC/C=C\CCCCCCCCC. The first-order valence-corrected chi connectivity index (χ1v) is 24.6. The van der Waals surface area contributed by atoms with Crippen molar-refractivity contribution in [2.24, 2.45) is 0 Å². The second-order valence-corrected chi connectivity index (χ2v) is 16.3. The van der Waals surface area contributed by atoms with Crippen molar-refractivity contribution in [3.05, 3.63) is 48.6 Å². The zero-order valence-corrected chi connectivity index (χ0v) is 38.3. The normalized spacial score (nSPS) is 12.4. The number of unbranched alkanes of at least 4 members (excludes halogenated alkanes) is 25. The molecule has 6 nitrogen and oxygen atoms in total. The van der Waals surface area contributed by atoms with Gasteiger partial charge < -0.3 is 14.2 Å². The molecule has 0 aromatic carbocycles. The van der Waals surface area contributed by atoms with E-state index < -0.39 is 6.10 Å². The highest BCUT2D eigenvalue weighted by molar-refractivity contribution is 5.71. The number of carbonyl (C=O) groups is 3. The zero-order chi connectivity index (χ0) is 42.3. The van der Waals surface area contributed by atoms with Crippen molar-refractivity contribution in [1.82, 2.24) is 0 Å². The number of hydrogen-bond donors (Lipinski definition) is 0. The van der Waals surface area contributed by atoms with E-state index in [9.17, 15) is 14.4 Å². The topological polar surface area (TPSA) is 78.9 Å². The Kier molecular flexibility index (Phi) is 44.9. The molecule has 0 radical (unpaired) electrons. The second kappa shape index (κ2) is 47.1. The predicted octanol–water partition coefficient (Wildman–Crippen LogP) is 15.9. The van der Waals surface area contributed by atoms with Crippen LogP contribution < -0.4 is 0 Å². The highest BCUT2D eigenvalue weighted by atomic mass is 16.6. The van der Waals surface area contributed by atoms with Crippen molar-refractivity contribution in [2.45, 2.75) is 252 Å². The first kappa shape index (κ1) is 55.4. The third-order valence-corrected chi connectivity index (χ3v) is 10.5. The van der Waals surface area contributed by atoms with Gasteiger partial charge in [-0.15, -0.1) is 0 Å². The summed E-state index contributed by atoms with van der Waals surface area (Å²) in [7, 11) is 0. The van der Waals surface area contributed by atoms with Crippen LogP contribution >= 0.6 is 0 Å². The summed E-state index contributed by atoms with van der Waals surface area (Å²) in [5, 5.41) is 0. The van der Waals surface area contributed by atoms with E-state index in [-0.39, 0.29) is 31.1 Å². The van der Waals surface area contributed by atoms with Crippen LogP contribution in [0, 0.1) is 0 Å². The van der Waals surface area contributed by atoms with E-state index in [1.165, 1.54) is 103 Å². The molecule has 0 heterocycles. The van der Waals surface area contributed by atoms with Crippen LogP contribution in [0.5, 0.6) is 0 Å². The Morgan fingerprint density at radius 3 is 1.10 bits per heavy atom. The Balaban J connectivity index is 4.37. The minimum Gasteiger partial charge on any atom is -0.462 e. The number of ether oxygens (including phenoxy) is 3. The molecule has 0 bridgehead atoms. The van der Waals surface area contributed by atoms with E-state index in [0.717, 1.165) is 103 Å². The van der Waals surface area contributed by atoms with Crippen molar-refractivity contribution in [2.75, 3.05) is 13.2 Å². The highest BCUT2D eigenvalue weighted by Gasteiger charge is 2.19. The molecule has 1 atom stereocenters. The Morgan fingerprint density at radius 2 is 0.690 bits per heavy atom. The van der Waals surface area contributed by atoms with Gasteiger partial charge in [-0.05, 0) is 89.9 Å². The summed E-state index contributed by atoms with van der Waals surface area (Å²) in [6.45, 7) is 6.46. The molecule has 0 aliphatic carbocycles. The summed E-state index contributed by atoms with van der Waals surface area (Å²) in [6, 6.07) is 0. The van der Waals surface area contributed by atoms with Crippen LogP contribution in [-0.4, -0.2) is 37.2 Å². The van der Waals surface area contributed by atoms with E-state index in [4.69, 9.17) is 14.2 Å². The van der Waals surface area contributed by atoms with Gasteiger partial charge in [-0.1, -0.05) is 185 Å². The predicted molar refractivity (Wildman–Crippen MR) is 247 cm³/mol. The molecule has 6 heteroatoms. The Hall–Kier alpha value is -2.63. The van der Waals surface area contributed by atoms with Crippen LogP contribution in [0.1, 0.15) is 245 Å². The second-order valence-electron chi connectivity index (χ2n) is 16.3. The lowest BCUT2D eigenvalue weighted by Gasteiger charge is -2.18. The third-order valence-electron chi connectivity index (χ3n) is 10.5. The van der Waals surface area contributed by atoms with Crippen molar-refractivity contribution in [3.8, 4) is 0 Å².